The molecular formula is C18H36O2. The van der Waals surface area contributed by atoms with Gasteiger partial charge in [0, 0.05) is 0 Å². The molecule has 0 N–H and O–H groups in total. The second kappa shape index (κ2) is 8.69. The quantitative estimate of drug-likeness (QED) is 0.398. The summed E-state index contributed by atoms with van der Waals surface area (Å²) >= 11 is 0. The van der Waals surface area contributed by atoms with Crippen molar-refractivity contribution in [3.05, 3.63) is 0 Å². The van der Waals surface area contributed by atoms with Crippen LogP contribution in [0.15, 0.2) is 0 Å². The molecular weight excluding hydrogens is 248 g/mol. The number of esters is 1. The fourth-order valence-corrected chi connectivity index (χ4v) is 2.98. The third-order valence-corrected chi connectivity index (χ3v) is 3.57. The molecule has 0 aromatic rings. The summed E-state index contributed by atoms with van der Waals surface area (Å²) in [5.41, 5.74) is -0.196. The fraction of sp³-hybridized carbons (Fsp3) is 0.944. The number of rotatable bonds is 9. The average Bonchev–Trinajstić information content (AvgIpc) is 2.24. The van der Waals surface area contributed by atoms with Crippen LogP contribution in [0.2, 0.25) is 0 Å². The van der Waals surface area contributed by atoms with Crippen LogP contribution in [0.25, 0.3) is 0 Å². The summed E-state index contributed by atoms with van der Waals surface area (Å²) in [4.78, 5) is 12.3. The number of unbranched alkanes of at least 4 members (excludes halogenated alkanes) is 3. The Kier molecular flexibility index (Phi) is 8.46. The van der Waals surface area contributed by atoms with Gasteiger partial charge in [0.05, 0.1) is 5.92 Å². The lowest BCUT2D eigenvalue weighted by molar-refractivity contribution is -0.164. The second-order valence-corrected chi connectivity index (χ2v) is 7.87. The molecule has 0 amide bonds. The highest BCUT2D eigenvalue weighted by Crippen LogP contribution is 2.30. The van der Waals surface area contributed by atoms with E-state index in [2.05, 4.69) is 34.6 Å². The summed E-state index contributed by atoms with van der Waals surface area (Å²) in [7, 11) is 0. The minimum Gasteiger partial charge on any atom is -0.459 e. The summed E-state index contributed by atoms with van der Waals surface area (Å²) in [5, 5.41) is 0. The first-order valence-corrected chi connectivity index (χ1v) is 8.34. The molecule has 1 unspecified atom stereocenters. The normalized spacial score (nSPS) is 14.2. The Hall–Kier alpha value is -0.530. The molecule has 1 atom stereocenters. The molecule has 0 saturated heterocycles. The fourth-order valence-electron chi connectivity index (χ4n) is 2.98. The van der Waals surface area contributed by atoms with Gasteiger partial charge in [0.25, 0.3) is 0 Å². The van der Waals surface area contributed by atoms with Crippen LogP contribution in [0.1, 0.15) is 93.4 Å². The van der Waals surface area contributed by atoms with Gasteiger partial charge in [-0.05, 0) is 38.5 Å². The van der Waals surface area contributed by atoms with Crippen LogP contribution in [0, 0.1) is 11.3 Å². The van der Waals surface area contributed by atoms with Crippen molar-refractivity contribution in [1.82, 2.24) is 0 Å². The zero-order chi connectivity index (χ0) is 15.8. The smallest absolute Gasteiger partial charge is 0.309 e. The van der Waals surface area contributed by atoms with E-state index in [1.165, 1.54) is 19.3 Å². The van der Waals surface area contributed by atoms with Gasteiger partial charge >= 0.3 is 5.97 Å². The van der Waals surface area contributed by atoms with E-state index in [-0.39, 0.29) is 22.9 Å². The Morgan fingerprint density at radius 1 is 1.00 bits per heavy atom. The molecule has 0 aliphatic rings. The maximum Gasteiger partial charge on any atom is 0.309 e. The molecule has 0 aromatic carbocycles. The molecule has 0 rings (SSSR count). The third-order valence-electron chi connectivity index (χ3n) is 3.57. The van der Waals surface area contributed by atoms with Gasteiger partial charge in [-0.3, -0.25) is 4.79 Å². The molecule has 2 heteroatoms. The lowest BCUT2D eigenvalue weighted by atomic mass is 9.83. The standard InChI is InChI=1S/C18H36O2/c1-8-10-11-12-13-15(9-2)16(19)20-18(6,7)14-17(3,4)5/h15H,8-14H2,1-7H3. The third kappa shape index (κ3) is 9.39. The maximum atomic E-state index is 12.3. The minimum atomic E-state index is -0.369. The van der Waals surface area contributed by atoms with E-state index >= 15 is 0 Å². The van der Waals surface area contributed by atoms with E-state index < -0.39 is 0 Å². The van der Waals surface area contributed by atoms with Crippen molar-refractivity contribution in [1.29, 1.82) is 0 Å². The molecule has 120 valence electrons. The van der Waals surface area contributed by atoms with E-state index in [1.807, 2.05) is 13.8 Å². The summed E-state index contributed by atoms with van der Waals surface area (Å²) in [6.45, 7) is 14.9. The number of carbonyl (C=O) groups excluding carboxylic acids is 1. The number of carbonyl (C=O) groups is 1. The Morgan fingerprint density at radius 3 is 2.05 bits per heavy atom. The molecule has 0 heterocycles. The molecule has 20 heavy (non-hydrogen) atoms. The van der Waals surface area contributed by atoms with E-state index in [4.69, 9.17) is 4.74 Å². The first kappa shape index (κ1) is 19.5. The highest BCUT2D eigenvalue weighted by Gasteiger charge is 2.31. The predicted octanol–water partition coefficient (Wildman–Crippen LogP) is 5.74. The second-order valence-electron chi connectivity index (χ2n) is 7.87. The van der Waals surface area contributed by atoms with Gasteiger partial charge in [0.1, 0.15) is 5.60 Å². The summed E-state index contributed by atoms with van der Waals surface area (Å²) in [5.74, 6) is 0.0735. The average molecular weight is 284 g/mol. The molecule has 2 nitrogen and oxygen atoms in total. The highest BCUT2D eigenvalue weighted by atomic mass is 16.6. The molecule has 0 fully saturated rings. The lowest BCUT2D eigenvalue weighted by Crippen LogP contribution is -2.35. The Labute approximate surface area is 126 Å². The summed E-state index contributed by atoms with van der Waals surface area (Å²) < 4.78 is 5.79. The number of hydrogen-bond donors (Lipinski definition) is 0. The van der Waals surface area contributed by atoms with Gasteiger partial charge in [-0.1, -0.05) is 60.3 Å². The predicted molar refractivity (Wildman–Crippen MR) is 86.8 cm³/mol. The van der Waals surface area contributed by atoms with E-state index in [0.29, 0.717) is 0 Å². The first-order chi connectivity index (χ1) is 9.11. The lowest BCUT2D eigenvalue weighted by Gasteiger charge is -2.33. The highest BCUT2D eigenvalue weighted by molar-refractivity contribution is 5.72. The molecule has 0 aliphatic carbocycles. The van der Waals surface area contributed by atoms with Crippen molar-refractivity contribution < 1.29 is 9.53 Å². The zero-order valence-electron chi connectivity index (χ0n) is 14.8. The summed E-state index contributed by atoms with van der Waals surface area (Å²) in [6, 6.07) is 0. The topological polar surface area (TPSA) is 26.3 Å². The van der Waals surface area contributed by atoms with Gasteiger partial charge in [-0.25, -0.2) is 0 Å². The van der Waals surface area contributed by atoms with Crippen LogP contribution >= 0.6 is 0 Å². The number of hydrogen-bond acceptors (Lipinski definition) is 2. The first-order valence-electron chi connectivity index (χ1n) is 8.34. The van der Waals surface area contributed by atoms with E-state index in [1.54, 1.807) is 0 Å². The SMILES string of the molecule is CCCCCCC(CC)C(=O)OC(C)(C)CC(C)(C)C. The number of ether oxygens (including phenoxy) is 1. The Balaban J connectivity index is 4.32. The van der Waals surface area contributed by atoms with Crippen LogP contribution in [0.4, 0.5) is 0 Å². The molecule has 0 radical (unpaired) electrons. The van der Waals surface area contributed by atoms with E-state index in [0.717, 1.165) is 25.7 Å². The molecule has 0 aromatic heterocycles. The molecule has 0 saturated carbocycles. The van der Waals surface area contributed by atoms with Crippen molar-refractivity contribution in [2.24, 2.45) is 11.3 Å². The van der Waals surface area contributed by atoms with E-state index in [9.17, 15) is 4.79 Å². The van der Waals surface area contributed by atoms with Crippen molar-refractivity contribution in [2.75, 3.05) is 0 Å². The molecule has 0 aliphatic heterocycles. The Morgan fingerprint density at radius 2 is 1.60 bits per heavy atom. The van der Waals surface area contributed by atoms with Gasteiger partial charge in [0.2, 0.25) is 0 Å². The maximum absolute atomic E-state index is 12.3. The van der Waals surface area contributed by atoms with Gasteiger partial charge < -0.3 is 4.74 Å². The molecule has 0 bridgehead atoms. The van der Waals surface area contributed by atoms with Crippen molar-refractivity contribution >= 4 is 5.97 Å². The Bertz CT molecular complexity index is 274. The van der Waals surface area contributed by atoms with Crippen LogP contribution in [-0.2, 0) is 9.53 Å². The monoisotopic (exact) mass is 284 g/mol. The molecule has 0 spiro atoms. The van der Waals surface area contributed by atoms with Crippen molar-refractivity contribution in [3.63, 3.8) is 0 Å². The van der Waals surface area contributed by atoms with Crippen LogP contribution < -0.4 is 0 Å². The van der Waals surface area contributed by atoms with Gasteiger partial charge in [-0.2, -0.15) is 0 Å². The van der Waals surface area contributed by atoms with Crippen LogP contribution in [0.5, 0.6) is 0 Å². The largest absolute Gasteiger partial charge is 0.459 e. The van der Waals surface area contributed by atoms with Crippen LogP contribution in [0.3, 0.4) is 0 Å². The zero-order valence-corrected chi connectivity index (χ0v) is 14.8. The summed E-state index contributed by atoms with van der Waals surface area (Å²) in [6.07, 6.45) is 7.61. The van der Waals surface area contributed by atoms with Gasteiger partial charge in [0.15, 0.2) is 0 Å². The van der Waals surface area contributed by atoms with Crippen molar-refractivity contribution in [3.8, 4) is 0 Å². The van der Waals surface area contributed by atoms with Crippen molar-refractivity contribution in [2.45, 2.75) is 99.0 Å². The van der Waals surface area contributed by atoms with Crippen LogP contribution in [-0.4, -0.2) is 11.6 Å². The minimum absolute atomic E-state index is 0.00162. The van der Waals surface area contributed by atoms with Gasteiger partial charge in [-0.15, -0.1) is 0 Å².